The zero-order valence-corrected chi connectivity index (χ0v) is 11.0. The van der Waals surface area contributed by atoms with E-state index in [2.05, 4.69) is 52.7 Å². The fraction of sp³-hybridized carbons (Fsp3) is 0.538. The van der Waals surface area contributed by atoms with Crippen molar-refractivity contribution in [3.8, 4) is 0 Å². The Hall–Kier alpha value is -0.280. The molecule has 0 spiro atoms. The van der Waals surface area contributed by atoms with Crippen molar-refractivity contribution in [3.63, 3.8) is 0 Å². The van der Waals surface area contributed by atoms with E-state index in [1.54, 1.807) is 0 Å². The van der Waals surface area contributed by atoms with Crippen LogP contribution in [-0.2, 0) is 0 Å². The maximum absolute atomic E-state index is 2.52. The maximum Gasteiger partial charge on any atom is 0.0752 e. The van der Waals surface area contributed by atoms with E-state index >= 15 is 0 Å². The number of thioether (sulfide) groups is 2. The second kappa shape index (κ2) is 4.92. The molecule has 2 fully saturated rings. The molecule has 3 rings (SSSR count). The highest BCUT2D eigenvalue weighted by molar-refractivity contribution is 8.19. The highest BCUT2D eigenvalue weighted by atomic mass is 32.2. The molecule has 2 aliphatic rings. The molecule has 1 aromatic rings. The van der Waals surface area contributed by atoms with E-state index < -0.39 is 0 Å². The van der Waals surface area contributed by atoms with E-state index in [0.29, 0.717) is 4.58 Å². The van der Waals surface area contributed by atoms with Gasteiger partial charge in [-0.1, -0.05) is 12.1 Å². The van der Waals surface area contributed by atoms with Crippen LogP contribution in [0, 0.1) is 0 Å². The van der Waals surface area contributed by atoms with E-state index in [1.165, 1.54) is 48.7 Å². The second-order valence-corrected chi connectivity index (χ2v) is 7.09. The molecule has 86 valence electrons. The molecule has 2 heterocycles. The van der Waals surface area contributed by atoms with Crippen LogP contribution in [-0.4, -0.2) is 24.6 Å². The predicted octanol–water partition coefficient (Wildman–Crippen LogP) is 3.77. The average Bonchev–Trinajstić information content (AvgIpc) is 3.03. The normalized spacial score (nSPS) is 21.9. The average molecular weight is 251 g/mol. The van der Waals surface area contributed by atoms with Gasteiger partial charge in [-0.2, -0.15) is 0 Å². The van der Waals surface area contributed by atoms with Gasteiger partial charge in [-0.15, -0.1) is 23.5 Å². The van der Waals surface area contributed by atoms with Gasteiger partial charge in [0.2, 0.25) is 0 Å². The summed E-state index contributed by atoms with van der Waals surface area (Å²) in [5.41, 5.74) is 2.94. The van der Waals surface area contributed by atoms with Gasteiger partial charge in [-0.3, -0.25) is 0 Å². The van der Waals surface area contributed by atoms with Crippen molar-refractivity contribution in [1.82, 2.24) is 0 Å². The monoisotopic (exact) mass is 251 g/mol. The third-order valence-corrected chi connectivity index (χ3v) is 6.34. The molecule has 0 amide bonds. The van der Waals surface area contributed by atoms with Crippen LogP contribution in [0.2, 0.25) is 0 Å². The van der Waals surface area contributed by atoms with Crippen LogP contribution in [0.4, 0.5) is 5.69 Å². The molecule has 1 aromatic carbocycles. The summed E-state index contributed by atoms with van der Waals surface area (Å²) in [5, 5.41) is 0. The fourth-order valence-corrected chi connectivity index (χ4v) is 5.23. The molecule has 0 saturated carbocycles. The van der Waals surface area contributed by atoms with Gasteiger partial charge in [0.05, 0.1) is 4.58 Å². The van der Waals surface area contributed by atoms with Crippen LogP contribution < -0.4 is 4.90 Å². The summed E-state index contributed by atoms with van der Waals surface area (Å²) in [4.78, 5) is 2.52. The first-order valence-electron chi connectivity index (χ1n) is 6.01. The minimum atomic E-state index is 0.683. The molecule has 2 saturated heterocycles. The van der Waals surface area contributed by atoms with Crippen molar-refractivity contribution in [1.29, 1.82) is 0 Å². The minimum Gasteiger partial charge on any atom is -0.372 e. The smallest absolute Gasteiger partial charge is 0.0752 e. The highest BCUT2D eigenvalue weighted by Crippen LogP contribution is 2.45. The van der Waals surface area contributed by atoms with Crippen molar-refractivity contribution in [2.45, 2.75) is 17.4 Å². The molecule has 0 bridgehead atoms. The zero-order chi connectivity index (χ0) is 10.8. The van der Waals surface area contributed by atoms with Gasteiger partial charge in [0.15, 0.2) is 0 Å². The van der Waals surface area contributed by atoms with Crippen LogP contribution in [0.1, 0.15) is 23.0 Å². The van der Waals surface area contributed by atoms with Gasteiger partial charge in [0.25, 0.3) is 0 Å². The number of anilines is 1. The third-order valence-electron chi connectivity index (χ3n) is 3.24. The quantitative estimate of drug-likeness (QED) is 0.788. The summed E-state index contributed by atoms with van der Waals surface area (Å²) in [6.45, 7) is 2.49. The third kappa shape index (κ3) is 2.21. The molecule has 2 aliphatic heterocycles. The Balaban J connectivity index is 1.81. The summed E-state index contributed by atoms with van der Waals surface area (Å²) in [6.07, 6.45) is 2.72. The van der Waals surface area contributed by atoms with Crippen molar-refractivity contribution < 1.29 is 0 Å². The minimum absolute atomic E-state index is 0.683. The summed E-state index contributed by atoms with van der Waals surface area (Å²) in [6, 6.07) is 9.18. The van der Waals surface area contributed by atoms with Crippen molar-refractivity contribution in [2.24, 2.45) is 0 Å². The Labute approximate surface area is 106 Å². The van der Waals surface area contributed by atoms with Crippen molar-refractivity contribution in [3.05, 3.63) is 29.8 Å². The number of rotatable bonds is 2. The lowest BCUT2D eigenvalue weighted by molar-refractivity contribution is 0.949. The van der Waals surface area contributed by atoms with E-state index in [1.807, 2.05) is 0 Å². The van der Waals surface area contributed by atoms with E-state index in [-0.39, 0.29) is 0 Å². The van der Waals surface area contributed by atoms with Gasteiger partial charge in [-0.25, -0.2) is 0 Å². The molecule has 3 heteroatoms. The topological polar surface area (TPSA) is 3.24 Å². The summed E-state index contributed by atoms with van der Waals surface area (Å²) < 4.78 is 0.683. The van der Waals surface area contributed by atoms with Gasteiger partial charge >= 0.3 is 0 Å². The fourth-order valence-electron chi connectivity index (χ4n) is 2.39. The van der Waals surface area contributed by atoms with Crippen LogP contribution in [0.25, 0.3) is 0 Å². The predicted molar refractivity (Wildman–Crippen MR) is 75.5 cm³/mol. The SMILES string of the molecule is c1cc(C2SCCS2)cc(N2CCCC2)c1. The van der Waals surface area contributed by atoms with Crippen molar-refractivity contribution in [2.75, 3.05) is 29.5 Å². The summed E-state index contributed by atoms with van der Waals surface area (Å²) in [5.74, 6) is 2.62. The Morgan fingerprint density at radius 2 is 1.81 bits per heavy atom. The van der Waals surface area contributed by atoms with Crippen LogP contribution in [0.15, 0.2) is 24.3 Å². The van der Waals surface area contributed by atoms with Gasteiger partial charge in [0.1, 0.15) is 0 Å². The van der Waals surface area contributed by atoms with E-state index in [0.717, 1.165) is 0 Å². The number of nitrogens with zero attached hydrogens (tertiary/aromatic N) is 1. The Bertz CT molecular complexity index is 323. The number of hydrogen-bond acceptors (Lipinski definition) is 3. The molecule has 16 heavy (non-hydrogen) atoms. The Morgan fingerprint density at radius 3 is 2.56 bits per heavy atom. The maximum atomic E-state index is 2.52. The van der Waals surface area contributed by atoms with Crippen LogP contribution in [0.3, 0.4) is 0 Å². The van der Waals surface area contributed by atoms with Crippen LogP contribution in [0.5, 0.6) is 0 Å². The lowest BCUT2D eigenvalue weighted by atomic mass is 10.2. The van der Waals surface area contributed by atoms with E-state index in [4.69, 9.17) is 0 Å². The molecule has 0 atom stereocenters. The first-order valence-corrected chi connectivity index (χ1v) is 8.11. The first-order chi connectivity index (χ1) is 7.93. The lowest BCUT2D eigenvalue weighted by Gasteiger charge is -2.19. The molecule has 0 N–H and O–H groups in total. The summed E-state index contributed by atoms with van der Waals surface area (Å²) >= 11 is 4.18. The second-order valence-electron chi connectivity index (χ2n) is 4.36. The van der Waals surface area contributed by atoms with Gasteiger partial charge in [-0.05, 0) is 30.5 Å². The molecular formula is C13H17NS2. The molecule has 0 unspecified atom stereocenters. The molecule has 1 nitrogen and oxygen atoms in total. The lowest BCUT2D eigenvalue weighted by Crippen LogP contribution is -2.17. The van der Waals surface area contributed by atoms with E-state index in [9.17, 15) is 0 Å². The van der Waals surface area contributed by atoms with Crippen LogP contribution >= 0.6 is 23.5 Å². The van der Waals surface area contributed by atoms with Crippen molar-refractivity contribution >= 4 is 29.2 Å². The number of hydrogen-bond donors (Lipinski definition) is 0. The standard InChI is InChI=1S/C13H17NS2/c1-2-7-14(6-1)12-5-3-4-11(10-12)13-15-8-9-16-13/h3-5,10,13H,1-2,6-9H2. The summed E-state index contributed by atoms with van der Waals surface area (Å²) in [7, 11) is 0. The Morgan fingerprint density at radius 1 is 1.06 bits per heavy atom. The van der Waals surface area contributed by atoms with Gasteiger partial charge in [0, 0.05) is 30.3 Å². The Kier molecular flexibility index (Phi) is 3.34. The molecule has 0 radical (unpaired) electrons. The highest BCUT2D eigenvalue weighted by Gasteiger charge is 2.19. The van der Waals surface area contributed by atoms with Gasteiger partial charge < -0.3 is 4.90 Å². The largest absolute Gasteiger partial charge is 0.372 e. The number of benzene rings is 1. The first kappa shape index (κ1) is 10.8. The zero-order valence-electron chi connectivity index (χ0n) is 9.39. The molecule has 0 aromatic heterocycles. The molecule has 0 aliphatic carbocycles. The molecular weight excluding hydrogens is 234 g/mol.